The number of pyridine rings is 2. The minimum Gasteiger partial charge on any atom is -0.449 e. The van der Waals surface area contributed by atoms with Crippen LogP contribution in [0.3, 0.4) is 0 Å². The van der Waals surface area contributed by atoms with Gasteiger partial charge in [0.05, 0.1) is 16.1 Å². The Morgan fingerprint density at radius 2 is 1.92 bits per heavy atom. The minimum absolute atomic E-state index is 0.165. The Hall–Kier alpha value is -2.70. The SMILES string of the molecule is C[C@@H](OC(=O)c1cc(Cl)nc2ccccc12)C(=O)Nc1ccc(Cl)cn1. The van der Waals surface area contributed by atoms with E-state index in [0.717, 1.165) is 0 Å². The summed E-state index contributed by atoms with van der Waals surface area (Å²) in [6.07, 6.45) is 0.365. The van der Waals surface area contributed by atoms with Gasteiger partial charge in [-0.2, -0.15) is 0 Å². The summed E-state index contributed by atoms with van der Waals surface area (Å²) in [6, 6.07) is 11.6. The number of carbonyl (C=O) groups is 2. The molecule has 132 valence electrons. The largest absolute Gasteiger partial charge is 0.449 e. The molecule has 1 N–H and O–H groups in total. The number of aromatic nitrogens is 2. The molecule has 2 aromatic heterocycles. The van der Waals surface area contributed by atoms with Gasteiger partial charge in [0.2, 0.25) is 0 Å². The molecule has 0 radical (unpaired) electrons. The van der Waals surface area contributed by atoms with E-state index in [9.17, 15) is 9.59 Å². The van der Waals surface area contributed by atoms with Gasteiger partial charge >= 0.3 is 5.97 Å². The van der Waals surface area contributed by atoms with E-state index in [4.69, 9.17) is 27.9 Å². The number of rotatable bonds is 4. The van der Waals surface area contributed by atoms with Crippen LogP contribution in [0, 0.1) is 0 Å². The average molecular weight is 390 g/mol. The van der Waals surface area contributed by atoms with Gasteiger partial charge < -0.3 is 10.1 Å². The van der Waals surface area contributed by atoms with E-state index in [0.29, 0.717) is 21.7 Å². The Bertz CT molecular complexity index is 977. The number of benzene rings is 1. The van der Waals surface area contributed by atoms with Gasteiger partial charge in [0, 0.05) is 11.6 Å². The molecule has 3 rings (SSSR count). The highest BCUT2D eigenvalue weighted by Crippen LogP contribution is 2.22. The van der Waals surface area contributed by atoms with Crippen molar-refractivity contribution in [3.8, 4) is 0 Å². The molecule has 0 aliphatic rings. The molecule has 26 heavy (non-hydrogen) atoms. The predicted molar refractivity (Wildman–Crippen MR) is 99.5 cm³/mol. The number of para-hydroxylation sites is 1. The summed E-state index contributed by atoms with van der Waals surface area (Å²) in [4.78, 5) is 32.8. The second kappa shape index (κ2) is 7.68. The van der Waals surface area contributed by atoms with Crippen molar-refractivity contribution < 1.29 is 14.3 Å². The summed E-state index contributed by atoms with van der Waals surface area (Å²) in [6.45, 7) is 1.47. The number of hydrogen-bond acceptors (Lipinski definition) is 5. The first-order valence-corrected chi connectivity index (χ1v) is 8.38. The number of hydrogen-bond donors (Lipinski definition) is 1. The van der Waals surface area contributed by atoms with Crippen molar-refractivity contribution in [3.05, 3.63) is 64.4 Å². The zero-order valence-corrected chi connectivity index (χ0v) is 15.1. The van der Waals surface area contributed by atoms with Crippen LogP contribution in [-0.2, 0) is 9.53 Å². The number of carbonyl (C=O) groups excluding carboxylic acids is 2. The Morgan fingerprint density at radius 1 is 1.15 bits per heavy atom. The number of amides is 1. The molecule has 6 nitrogen and oxygen atoms in total. The lowest BCUT2D eigenvalue weighted by atomic mass is 10.1. The molecule has 1 atom stereocenters. The third kappa shape index (κ3) is 4.09. The number of nitrogens with zero attached hydrogens (tertiary/aromatic N) is 2. The van der Waals surface area contributed by atoms with Crippen molar-refractivity contribution in [2.24, 2.45) is 0 Å². The van der Waals surface area contributed by atoms with Crippen LogP contribution in [0.2, 0.25) is 10.2 Å². The van der Waals surface area contributed by atoms with E-state index >= 15 is 0 Å². The van der Waals surface area contributed by atoms with Crippen molar-refractivity contribution >= 4 is 51.8 Å². The fourth-order valence-corrected chi connectivity index (χ4v) is 2.58. The monoisotopic (exact) mass is 389 g/mol. The van der Waals surface area contributed by atoms with Crippen molar-refractivity contribution in [1.29, 1.82) is 0 Å². The molecule has 0 unspecified atom stereocenters. The molecule has 0 fully saturated rings. The first kappa shape index (κ1) is 18.1. The molecule has 2 heterocycles. The van der Waals surface area contributed by atoms with Gasteiger partial charge in [-0.05, 0) is 31.2 Å². The second-order valence-corrected chi connectivity index (χ2v) is 6.23. The van der Waals surface area contributed by atoms with Gasteiger partial charge in [-0.25, -0.2) is 14.8 Å². The third-order valence-electron chi connectivity index (χ3n) is 3.54. The van der Waals surface area contributed by atoms with Crippen LogP contribution in [0.1, 0.15) is 17.3 Å². The maximum absolute atomic E-state index is 12.5. The third-order valence-corrected chi connectivity index (χ3v) is 3.95. The van der Waals surface area contributed by atoms with Crippen molar-refractivity contribution in [3.63, 3.8) is 0 Å². The van der Waals surface area contributed by atoms with Gasteiger partial charge in [-0.15, -0.1) is 0 Å². The average Bonchev–Trinajstić information content (AvgIpc) is 2.62. The molecule has 0 saturated carbocycles. The highest BCUT2D eigenvalue weighted by atomic mass is 35.5. The molecule has 1 amide bonds. The van der Waals surface area contributed by atoms with E-state index in [1.54, 1.807) is 36.4 Å². The quantitative estimate of drug-likeness (QED) is 0.535. The van der Waals surface area contributed by atoms with Crippen LogP contribution in [0.4, 0.5) is 5.82 Å². The van der Waals surface area contributed by atoms with E-state index in [1.807, 2.05) is 0 Å². The van der Waals surface area contributed by atoms with Gasteiger partial charge in [0.25, 0.3) is 5.91 Å². The summed E-state index contributed by atoms with van der Waals surface area (Å²) < 4.78 is 5.27. The minimum atomic E-state index is -1.04. The molecule has 0 aliphatic heterocycles. The number of ether oxygens (including phenoxy) is 1. The summed E-state index contributed by atoms with van der Waals surface area (Å²) in [5.74, 6) is -0.880. The first-order chi connectivity index (χ1) is 12.4. The summed E-state index contributed by atoms with van der Waals surface area (Å²) >= 11 is 11.7. The number of anilines is 1. The fraction of sp³-hybridized carbons (Fsp3) is 0.111. The Balaban J connectivity index is 1.75. The predicted octanol–water partition coefficient (Wildman–Crippen LogP) is 4.12. The lowest BCUT2D eigenvalue weighted by Crippen LogP contribution is -2.30. The van der Waals surface area contributed by atoms with Crippen molar-refractivity contribution in [2.45, 2.75) is 13.0 Å². The van der Waals surface area contributed by atoms with Crippen LogP contribution in [0.25, 0.3) is 10.9 Å². The molecule has 0 aliphatic carbocycles. The second-order valence-electron chi connectivity index (χ2n) is 5.41. The smallest absolute Gasteiger partial charge is 0.339 e. The van der Waals surface area contributed by atoms with Crippen LogP contribution < -0.4 is 5.32 Å². The number of halogens is 2. The van der Waals surface area contributed by atoms with Crippen molar-refractivity contribution in [1.82, 2.24) is 9.97 Å². The standard InChI is InChI=1S/C18H13Cl2N3O3/c1-10(17(24)23-16-7-6-11(19)9-21-16)26-18(25)13-8-15(20)22-14-5-3-2-4-12(13)14/h2-10H,1H3,(H,21,23,24)/t10-/m1/s1. The van der Waals surface area contributed by atoms with Crippen molar-refractivity contribution in [2.75, 3.05) is 5.32 Å². The summed E-state index contributed by atoms with van der Waals surface area (Å²) in [7, 11) is 0. The van der Waals surface area contributed by atoms with Gasteiger partial charge in [-0.3, -0.25) is 4.79 Å². The fourth-order valence-electron chi connectivity index (χ4n) is 2.27. The lowest BCUT2D eigenvalue weighted by Gasteiger charge is -2.14. The van der Waals surface area contributed by atoms with Gasteiger partial charge in [0.1, 0.15) is 11.0 Å². The Labute approximate surface area is 159 Å². The van der Waals surface area contributed by atoms with Crippen LogP contribution >= 0.6 is 23.2 Å². The Kier molecular flexibility index (Phi) is 5.35. The summed E-state index contributed by atoms with van der Waals surface area (Å²) in [5.41, 5.74) is 0.805. The number of nitrogens with one attached hydrogen (secondary N) is 1. The normalized spacial score (nSPS) is 11.8. The van der Waals surface area contributed by atoms with E-state index in [1.165, 1.54) is 19.2 Å². The topological polar surface area (TPSA) is 81.2 Å². The molecule has 3 aromatic rings. The molecule has 0 bridgehead atoms. The maximum Gasteiger partial charge on any atom is 0.339 e. The molecule has 0 spiro atoms. The van der Waals surface area contributed by atoms with Gasteiger partial charge in [-0.1, -0.05) is 41.4 Å². The number of esters is 1. The van der Waals surface area contributed by atoms with E-state index in [2.05, 4.69) is 15.3 Å². The zero-order chi connectivity index (χ0) is 18.7. The Morgan fingerprint density at radius 3 is 2.65 bits per heavy atom. The maximum atomic E-state index is 12.5. The molecular weight excluding hydrogens is 377 g/mol. The first-order valence-electron chi connectivity index (χ1n) is 7.63. The highest BCUT2D eigenvalue weighted by molar-refractivity contribution is 6.30. The molecule has 1 aromatic carbocycles. The number of fused-ring (bicyclic) bond motifs is 1. The zero-order valence-electron chi connectivity index (χ0n) is 13.6. The summed E-state index contributed by atoms with van der Waals surface area (Å²) in [5, 5.41) is 3.75. The van der Waals surface area contributed by atoms with Crippen LogP contribution in [-0.4, -0.2) is 27.9 Å². The highest BCUT2D eigenvalue weighted by Gasteiger charge is 2.21. The van der Waals surface area contributed by atoms with Crippen LogP contribution in [0.5, 0.6) is 0 Å². The molecular formula is C18H13Cl2N3O3. The molecule has 8 heteroatoms. The van der Waals surface area contributed by atoms with Crippen LogP contribution in [0.15, 0.2) is 48.7 Å². The van der Waals surface area contributed by atoms with E-state index in [-0.39, 0.29) is 10.7 Å². The van der Waals surface area contributed by atoms with Gasteiger partial charge in [0.15, 0.2) is 6.10 Å². The van der Waals surface area contributed by atoms with E-state index < -0.39 is 18.0 Å². The molecule has 0 saturated heterocycles. The lowest BCUT2D eigenvalue weighted by molar-refractivity contribution is -0.123.